The van der Waals surface area contributed by atoms with Crippen molar-refractivity contribution in [3.05, 3.63) is 71.8 Å². The Morgan fingerprint density at radius 2 is 1.53 bits per heavy atom. The molecule has 32 heavy (non-hydrogen) atoms. The number of carbonyl (C=O) groups is 1. The number of hydrogen-bond donors (Lipinski definition) is 0. The molecular weight excluding hydrogens is 412 g/mol. The van der Waals surface area contributed by atoms with Crippen LogP contribution in [0.3, 0.4) is 0 Å². The van der Waals surface area contributed by atoms with Crippen molar-refractivity contribution in [3.8, 4) is 0 Å². The SMILES string of the molecule is CC(=O)O[C@H]1[C@H](OCc2ccccc2)[C@H]2OC(C)(C)O[C@H]2O[C@@H]1COCc1ccccc1. The minimum absolute atomic E-state index is 0.213. The normalized spacial score (nSPS) is 28.8. The monoisotopic (exact) mass is 442 g/mol. The van der Waals surface area contributed by atoms with Crippen molar-refractivity contribution in [2.45, 2.75) is 70.5 Å². The summed E-state index contributed by atoms with van der Waals surface area (Å²) in [5.41, 5.74) is 2.05. The summed E-state index contributed by atoms with van der Waals surface area (Å²) in [4.78, 5) is 11.9. The lowest BCUT2D eigenvalue weighted by molar-refractivity contribution is -0.273. The zero-order chi connectivity index (χ0) is 22.6. The van der Waals surface area contributed by atoms with Gasteiger partial charge in [0.25, 0.3) is 0 Å². The van der Waals surface area contributed by atoms with Crippen molar-refractivity contribution in [1.82, 2.24) is 0 Å². The molecule has 172 valence electrons. The van der Waals surface area contributed by atoms with Crippen molar-refractivity contribution in [1.29, 1.82) is 0 Å². The Balaban J connectivity index is 1.51. The van der Waals surface area contributed by atoms with Gasteiger partial charge < -0.3 is 28.4 Å². The van der Waals surface area contributed by atoms with Gasteiger partial charge in [-0.2, -0.15) is 0 Å². The molecule has 0 radical (unpaired) electrons. The summed E-state index contributed by atoms with van der Waals surface area (Å²) in [6.07, 6.45) is -3.04. The molecule has 2 aliphatic rings. The fourth-order valence-corrected chi connectivity index (χ4v) is 4.03. The van der Waals surface area contributed by atoms with Gasteiger partial charge in [0.2, 0.25) is 0 Å². The molecule has 7 nitrogen and oxygen atoms in total. The molecule has 2 aromatic rings. The number of ether oxygens (including phenoxy) is 6. The molecule has 5 atom stereocenters. The molecule has 0 unspecified atom stereocenters. The second-order valence-corrected chi connectivity index (χ2v) is 8.48. The highest BCUT2D eigenvalue weighted by atomic mass is 16.8. The van der Waals surface area contributed by atoms with E-state index < -0.39 is 42.5 Å². The van der Waals surface area contributed by atoms with E-state index in [0.29, 0.717) is 13.2 Å². The van der Waals surface area contributed by atoms with Gasteiger partial charge in [0, 0.05) is 6.92 Å². The Hall–Kier alpha value is -2.29. The van der Waals surface area contributed by atoms with Crippen LogP contribution >= 0.6 is 0 Å². The van der Waals surface area contributed by atoms with Crippen LogP contribution in [0.25, 0.3) is 0 Å². The van der Waals surface area contributed by atoms with Crippen molar-refractivity contribution >= 4 is 5.97 Å². The van der Waals surface area contributed by atoms with E-state index in [1.165, 1.54) is 6.92 Å². The molecule has 2 fully saturated rings. The zero-order valence-electron chi connectivity index (χ0n) is 18.6. The first kappa shape index (κ1) is 22.9. The summed E-state index contributed by atoms with van der Waals surface area (Å²) < 4.78 is 36.1. The molecule has 0 saturated carbocycles. The highest BCUT2D eigenvalue weighted by Crippen LogP contribution is 2.39. The van der Waals surface area contributed by atoms with Gasteiger partial charge in [0.05, 0.1) is 19.8 Å². The lowest BCUT2D eigenvalue weighted by atomic mass is 9.98. The van der Waals surface area contributed by atoms with E-state index in [9.17, 15) is 4.79 Å². The second-order valence-electron chi connectivity index (χ2n) is 8.48. The van der Waals surface area contributed by atoms with Gasteiger partial charge in [-0.15, -0.1) is 0 Å². The van der Waals surface area contributed by atoms with E-state index in [-0.39, 0.29) is 6.61 Å². The fourth-order valence-electron chi connectivity index (χ4n) is 4.03. The topological polar surface area (TPSA) is 72.5 Å². The van der Waals surface area contributed by atoms with E-state index in [1.54, 1.807) is 0 Å². The summed E-state index contributed by atoms with van der Waals surface area (Å²) in [7, 11) is 0. The minimum atomic E-state index is -0.843. The third-order valence-corrected chi connectivity index (χ3v) is 5.39. The maximum absolute atomic E-state index is 11.9. The van der Waals surface area contributed by atoms with Gasteiger partial charge in [-0.3, -0.25) is 4.79 Å². The molecular formula is C25H30O7. The third-order valence-electron chi connectivity index (χ3n) is 5.39. The van der Waals surface area contributed by atoms with E-state index in [4.69, 9.17) is 28.4 Å². The standard InChI is InChI=1S/C25H30O7/c1-17(26)29-21-20(16-27-14-18-10-6-4-7-11-18)30-24-23(31-25(2,3)32-24)22(21)28-15-19-12-8-5-9-13-19/h4-13,20-24H,14-16H2,1-3H3/t20-,21-,22+,23-,24-/m1/s1. The average Bonchev–Trinajstić information content (AvgIpc) is 3.08. The Morgan fingerprint density at radius 3 is 2.16 bits per heavy atom. The highest BCUT2D eigenvalue weighted by molar-refractivity contribution is 5.66. The molecule has 2 aliphatic heterocycles. The van der Waals surface area contributed by atoms with Crippen molar-refractivity contribution < 1.29 is 33.2 Å². The van der Waals surface area contributed by atoms with Crippen molar-refractivity contribution in [2.24, 2.45) is 0 Å². The van der Waals surface area contributed by atoms with Crippen LogP contribution in [-0.2, 0) is 46.4 Å². The van der Waals surface area contributed by atoms with Crippen LogP contribution in [0.2, 0.25) is 0 Å². The van der Waals surface area contributed by atoms with Gasteiger partial charge in [-0.05, 0) is 25.0 Å². The summed E-state index contributed by atoms with van der Waals surface area (Å²) in [6, 6.07) is 19.7. The van der Waals surface area contributed by atoms with Crippen LogP contribution in [0.4, 0.5) is 0 Å². The lowest BCUT2D eigenvalue weighted by Gasteiger charge is -2.41. The van der Waals surface area contributed by atoms with Crippen LogP contribution in [0, 0.1) is 0 Å². The number of fused-ring (bicyclic) bond motifs is 1. The van der Waals surface area contributed by atoms with Gasteiger partial charge in [0.15, 0.2) is 18.2 Å². The number of esters is 1. The molecule has 0 aliphatic carbocycles. The maximum Gasteiger partial charge on any atom is 0.303 e. The van der Waals surface area contributed by atoms with Gasteiger partial charge in [-0.1, -0.05) is 60.7 Å². The molecule has 2 heterocycles. The number of hydrogen-bond acceptors (Lipinski definition) is 7. The Bertz CT molecular complexity index is 870. The van der Waals surface area contributed by atoms with E-state index >= 15 is 0 Å². The fraction of sp³-hybridized carbons (Fsp3) is 0.480. The molecule has 0 spiro atoms. The van der Waals surface area contributed by atoms with Crippen LogP contribution in [-0.4, -0.2) is 49.1 Å². The molecule has 0 aromatic heterocycles. The molecule has 4 rings (SSSR count). The predicted octanol–water partition coefficient (Wildman–Crippen LogP) is 3.60. The Morgan fingerprint density at radius 1 is 0.906 bits per heavy atom. The molecule has 7 heteroatoms. The number of rotatable bonds is 8. The first-order valence-corrected chi connectivity index (χ1v) is 10.9. The number of carbonyl (C=O) groups excluding carboxylic acids is 1. The third kappa shape index (κ3) is 5.74. The molecule has 0 bridgehead atoms. The number of benzene rings is 2. The zero-order valence-corrected chi connectivity index (χ0v) is 18.6. The molecule has 0 N–H and O–H groups in total. The van der Waals surface area contributed by atoms with Gasteiger partial charge in [-0.25, -0.2) is 0 Å². The van der Waals surface area contributed by atoms with E-state index in [2.05, 4.69) is 0 Å². The van der Waals surface area contributed by atoms with Gasteiger partial charge >= 0.3 is 5.97 Å². The summed E-state index contributed by atoms with van der Waals surface area (Å²) in [5.74, 6) is -1.26. The lowest BCUT2D eigenvalue weighted by Crippen LogP contribution is -2.59. The van der Waals surface area contributed by atoms with E-state index in [1.807, 2.05) is 74.5 Å². The quantitative estimate of drug-likeness (QED) is 0.579. The Kier molecular flexibility index (Phi) is 7.23. The molecule has 0 amide bonds. The Labute approximate surface area is 188 Å². The summed E-state index contributed by atoms with van der Waals surface area (Å²) in [6.45, 7) is 5.99. The van der Waals surface area contributed by atoms with Crippen molar-refractivity contribution in [2.75, 3.05) is 6.61 Å². The minimum Gasteiger partial charge on any atom is -0.457 e. The van der Waals surface area contributed by atoms with Crippen LogP contribution in [0.1, 0.15) is 31.9 Å². The first-order valence-electron chi connectivity index (χ1n) is 10.9. The largest absolute Gasteiger partial charge is 0.457 e. The average molecular weight is 443 g/mol. The maximum atomic E-state index is 11.9. The predicted molar refractivity (Wildman–Crippen MR) is 115 cm³/mol. The van der Waals surface area contributed by atoms with Gasteiger partial charge in [0.1, 0.15) is 18.3 Å². The molecule has 2 saturated heterocycles. The van der Waals surface area contributed by atoms with Crippen LogP contribution in [0.15, 0.2) is 60.7 Å². The molecule has 2 aromatic carbocycles. The van der Waals surface area contributed by atoms with Crippen molar-refractivity contribution in [3.63, 3.8) is 0 Å². The van der Waals surface area contributed by atoms with E-state index in [0.717, 1.165) is 11.1 Å². The second kappa shape index (κ2) is 10.1. The summed E-state index contributed by atoms with van der Waals surface area (Å²) >= 11 is 0. The smallest absolute Gasteiger partial charge is 0.303 e. The summed E-state index contributed by atoms with van der Waals surface area (Å²) in [5, 5.41) is 0. The van der Waals surface area contributed by atoms with Crippen LogP contribution < -0.4 is 0 Å². The highest BCUT2D eigenvalue weighted by Gasteiger charge is 2.56. The first-order chi connectivity index (χ1) is 15.4. The van der Waals surface area contributed by atoms with Crippen LogP contribution in [0.5, 0.6) is 0 Å².